The van der Waals surface area contributed by atoms with Crippen LogP contribution in [0.15, 0.2) is 28.8 Å². The molecule has 0 spiro atoms. The minimum absolute atomic E-state index is 0.0372. The van der Waals surface area contributed by atoms with Gasteiger partial charge in [0.25, 0.3) is 0 Å². The number of aromatic nitrogens is 2. The van der Waals surface area contributed by atoms with Crippen molar-refractivity contribution < 1.29 is 9.32 Å². The second kappa shape index (κ2) is 10.4. The number of halogens is 1. The van der Waals surface area contributed by atoms with E-state index in [1.807, 2.05) is 24.3 Å². The fourth-order valence-electron chi connectivity index (χ4n) is 4.59. The normalized spacial score (nSPS) is 21.7. The maximum absolute atomic E-state index is 12.9. The molecule has 1 unspecified atom stereocenters. The van der Waals surface area contributed by atoms with E-state index in [2.05, 4.69) is 20.4 Å². The van der Waals surface area contributed by atoms with Crippen LogP contribution in [-0.4, -0.2) is 40.1 Å². The Morgan fingerprint density at radius 1 is 1.10 bits per heavy atom. The molecule has 1 aliphatic heterocycles. The van der Waals surface area contributed by atoms with Crippen LogP contribution in [0.1, 0.15) is 63.7 Å². The predicted molar refractivity (Wildman–Crippen MR) is 117 cm³/mol. The number of nitrogens with zero attached hydrogens (tertiary/aromatic N) is 3. The van der Waals surface area contributed by atoms with Gasteiger partial charge in [-0.25, -0.2) is 0 Å². The van der Waals surface area contributed by atoms with Crippen molar-refractivity contribution in [3.63, 3.8) is 0 Å². The van der Waals surface area contributed by atoms with Crippen LogP contribution in [0.2, 0.25) is 5.02 Å². The summed E-state index contributed by atoms with van der Waals surface area (Å²) in [6.45, 7) is 2.24. The average molecular weight is 431 g/mol. The first kappa shape index (κ1) is 21.3. The fraction of sp³-hybridized carbons (Fsp3) is 0.609. The Morgan fingerprint density at radius 2 is 1.87 bits per heavy atom. The second-order valence-electron chi connectivity index (χ2n) is 8.62. The van der Waals surface area contributed by atoms with E-state index in [-0.39, 0.29) is 11.8 Å². The lowest BCUT2D eigenvalue weighted by Crippen LogP contribution is -2.45. The second-order valence-corrected chi connectivity index (χ2v) is 9.02. The van der Waals surface area contributed by atoms with E-state index in [0.717, 1.165) is 44.3 Å². The number of benzene rings is 1. The minimum atomic E-state index is 0.0372. The molecular formula is C23H31ClN4O2. The van der Waals surface area contributed by atoms with Crippen LogP contribution < -0.4 is 5.32 Å². The highest BCUT2D eigenvalue weighted by Crippen LogP contribution is 2.26. The smallest absolute Gasteiger partial charge is 0.241 e. The Kier molecular flexibility index (Phi) is 7.39. The number of nitrogens with one attached hydrogen (secondary N) is 1. The largest absolute Gasteiger partial charge is 0.353 e. The Morgan fingerprint density at radius 3 is 2.67 bits per heavy atom. The van der Waals surface area contributed by atoms with Gasteiger partial charge < -0.3 is 9.84 Å². The standard InChI is InChI=1S/C23H31ClN4O2/c24-20-13-7-6-12-19(20)22-26-21(30-27-22)16-28-14-8-9-17(15-28)23(29)25-18-10-4-2-1-3-5-11-18/h6-7,12-13,17-18H,1-5,8-11,14-16H2,(H,25,29). The molecule has 4 rings (SSSR count). The molecule has 1 atom stereocenters. The molecule has 1 aromatic carbocycles. The molecule has 6 nitrogen and oxygen atoms in total. The summed E-state index contributed by atoms with van der Waals surface area (Å²) in [6, 6.07) is 7.83. The van der Waals surface area contributed by atoms with Crippen molar-refractivity contribution in [2.24, 2.45) is 5.92 Å². The van der Waals surface area contributed by atoms with Crippen LogP contribution in [0.3, 0.4) is 0 Å². The first-order valence-electron chi connectivity index (χ1n) is 11.3. The number of rotatable bonds is 5. The molecule has 1 aliphatic carbocycles. The molecule has 7 heteroatoms. The highest BCUT2D eigenvalue weighted by Gasteiger charge is 2.28. The van der Waals surface area contributed by atoms with Crippen molar-refractivity contribution in [3.05, 3.63) is 35.2 Å². The zero-order valence-corrected chi connectivity index (χ0v) is 18.2. The van der Waals surface area contributed by atoms with Gasteiger partial charge in [0.2, 0.25) is 17.6 Å². The van der Waals surface area contributed by atoms with Crippen LogP contribution in [0, 0.1) is 5.92 Å². The monoisotopic (exact) mass is 430 g/mol. The highest BCUT2D eigenvalue weighted by atomic mass is 35.5. The summed E-state index contributed by atoms with van der Waals surface area (Å²) in [7, 11) is 0. The molecule has 162 valence electrons. The SMILES string of the molecule is O=C(NC1CCCCCCC1)C1CCCN(Cc2nc(-c3ccccc3Cl)no2)C1. The zero-order valence-electron chi connectivity index (χ0n) is 17.5. The first-order valence-corrected chi connectivity index (χ1v) is 11.7. The van der Waals surface area contributed by atoms with Gasteiger partial charge in [-0.15, -0.1) is 0 Å². The van der Waals surface area contributed by atoms with E-state index in [0.29, 0.717) is 29.3 Å². The van der Waals surface area contributed by atoms with Gasteiger partial charge in [0.15, 0.2) is 0 Å². The average Bonchev–Trinajstić information content (AvgIpc) is 3.18. The molecule has 1 aromatic heterocycles. The maximum atomic E-state index is 12.9. The number of hydrogen-bond acceptors (Lipinski definition) is 5. The lowest BCUT2D eigenvalue weighted by atomic mass is 9.94. The molecule has 2 heterocycles. The Hall–Kier alpha value is -1.92. The van der Waals surface area contributed by atoms with Crippen molar-refractivity contribution in [2.75, 3.05) is 13.1 Å². The lowest BCUT2D eigenvalue weighted by molar-refractivity contribution is -0.127. The van der Waals surface area contributed by atoms with Crippen LogP contribution in [0.5, 0.6) is 0 Å². The molecule has 2 aromatic rings. The number of carbonyl (C=O) groups is 1. The van der Waals surface area contributed by atoms with Gasteiger partial charge in [-0.05, 0) is 44.4 Å². The molecule has 2 fully saturated rings. The van der Waals surface area contributed by atoms with Crippen molar-refractivity contribution in [3.8, 4) is 11.4 Å². The van der Waals surface area contributed by atoms with Gasteiger partial charge in [0.05, 0.1) is 17.5 Å². The van der Waals surface area contributed by atoms with Gasteiger partial charge in [0.1, 0.15) is 0 Å². The van der Waals surface area contributed by atoms with E-state index in [9.17, 15) is 4.79 Å². The molecule has 0 radical (unpaired) electrons. The number of likely N-dealkylation sites (tertiary alicyclic amines) is 1. The third kappa shape index (κ3) is 5.61. The Balaban J connectivity index is 1.32. The number of carbonyl (C=O) groups excluding carboxylic acids is 1. The van der Waals surface area contributed by atoms with Gasteiger partial charge in [-0.2, -0.15) is 4.98 Å². The summed E-state index contributed by atoms with van der Waals surface area (Å²) in [6.07, 6.45) is 10.6. The van der Waals surface area contributed by atoms with Gasteiger partial charge in [0, 0.05) is 18.2 Å². The van der Waals surface area contributed by atoms with Gasteiger partial charge in [-0.3, -0.25) is 9.69 Å². The molecule has 1 N–H and O–H groups in total. The molecule has 2 aliphatic rings. The Bertz CT molecular complexity index is 832. The van der Waals surface area contributed by atoms with Crippen molar-refractivity contribution in [1.82, 2.24) is 20.4 Å². The maximum Gasteiger partial charge on any atom is 0.241 e. The van der Waals surface area contributed by atoms with E-state index in [1.54, 1.807) is 0 Å². The summed E-state index contributed by atoms with van der Waals surface area (Å²) in [5.41, 5.74) is 0.768. The molecule has 30 heavy (non-hydrogen) atoms. The van der Waals surface area contributed by atoms with Crippen LogP contribution in [0.25, 0.3) is 11.4 Å². The third-order valence-electron chi connectivity index (χ3n) is 6.27. The zero-order chi connectivity index (χ0) is 20.8. The van der Waals surface area contributed by atoms with Crippen molar-refractivity contribution in [1.29, 1.82) is 0 Å². The molecule has 1 saturated carbocycles. The minimum Gasteiger partial charge on any atom is -0.353 e. The molecule has 0 bridgehead atoms. The fourth-order valence-corrected chi connectivity index (χ4v) is 4.82. The van der Waals surface area contributed by atoms with Crippen molar-refractivity contribution >= 4 is 17.5 Å². The highest BCUT2D eigenvalue weighted by molar-refractivity contribution is 6.33. The number of hydrogen-bond donors (Lipinski definition) is 1. The van der Waals surface area contributed by atoms with Crippen molar-refractivity contribution in [2.45, 2.75) is 70.4 Å². The molecule has 1 amide bonds. The van der Waals surface area contributed by atoms with Crippen LogP contribution in [-0.2, 0) is 11.3 Å². The van der Waals surface area contributed by atoms with E-state index < -0.39 is 0 Å². The van der Waals surface area contributed by atoms with Gasteiger partial charge >= 0.3 is 0 Å². The van der Waals surface area contributed by atoms with E-state index in [4.69, 9.17) is 16.1 Å². The van der Waals surface area contributed by atoms with Gasteiger partial charge in [-0.1, -0.05) is 61.0 Å². The summed E-state index contributed by atoms with van der Waals surface area (Å²) in [5.74, 6) is 1.32. The quantitative estimate of drug-likeness (QED) is 0.735. The third-order valence-corrected chi connectivity index (χ3v) is 6.60. The predicted octanol–water partition coefficient (Wildman–Crippen LogP) is 4.83. The molecule has 1 saturated heterocycles. The molecular weight excluding hydrogens is 400 g/mol. The van der Waals surface area contributed by atoms with E-state index >= 15 is 0 Å². The Labute approximate surface area is 183 Å². The first-order chi connectivity index (χ1) is 14.7. The number of amides is 1. The summed E-state index contributed by atoms with van der Waals surface area (Å²) in [5, 5.41) is 8.03. The topological polar surface area (TPSA) is 71.3 Å². The summed E-state index contributed by atoms with van der Waals surface area (Å²) < 4.78 is 5.46. The lowest BCUT2D eigenvalue weighted by Gasteiger charge is -2.32. The van der Waals surface area contributed by atoms with Crippen LogP contribution in [0.4, 0.5) is 0 Å². The number of piperidine rings is 1. The summed E-state index contributed by atoms with van der Waals surface area (Å²) in [4.78, 5) is 19.6. The van der Waals surface area contributed by atoms with E-state index in [1.165, 1.54) is 32.1 Å². The van der Waals surface area contributed by atoms with Crippen LogP contribution >= 0.6 is 11.6 Å². The summed E-state index contributed by atoms with van der Waals surface area (Å²) >= 11 is 6.24.